The van der Waals surface area contributed by atoms with Crippen LogP contribution in [0.25, 0.3) is 0 Å². The van der Waals surface area contributed by atoms with E-state index in [1.165, 1.54) is 0 Å². The molecular formula is C14H18N2O2. The average molecular weight is 246 g/mol. The van der Waals surface area contributed by atoms with Crippen LogP contribution in [-0.2, 0) is 16.0 Å². The number of fused-ring (bicyclic) bond motifs is 1. The van der Waals surface area contributed by atoms with E-state index in [0.29, 0.717) is 19.4 Å². The van der Waals surface area contributed by atoms with Crippen LogP contribution in [0.3, 0.4) is 0 Å². The molecule has 0 saturated carbocycles. The first kappa shape index (κ1) is 12.6. The Balaban J connectivity index is 2.15. The Hall–Kier alpha value is -1.84. The molecule has 1 amide bonds. The highest BCUT2D eigenvalue weighted by molar-refractivity contribution is 6.01. The summed E-state index contributed by atoms with van der Waals surface area (Å²) < 4.78 is 0. The van der Waals surface area contributed by atoms with Crippen molar-refractivity contribution in [1.82, 2.24) is 0 Å². The number of benzene rings is 1. The zero-order valence-corrected chi connectivity index (χ0v) is 11.1. The number of rotatable bonds is 4. The van der Waals surface area contributed by atoms with Gasteiger partial charge in [-0.3, -0.25) is 9.59 Å². The first-order valence-electron chi connectivity index (χ1n) is 6.09. The fourth-order valence-corrected chi connectivity index (χ4v) is 2.15. The van der Waals surface area contributed by atoms with Crippen LogP contribution in [0.1, 0.15) is 18.9 Å². The molecule has 4 heteroatoms. The number of likely N-dealkylation sites (N-methyl/N-ethyl adjacent to an activating group) is 1. The van der Waals surface area contributed by atoms with E-state index in [9.17, 15) is 9.59 Å². The standard InChI is InChI=1S/C14H18N2O2/c1-10(17)6-7-15(2)12-4-5-13-11(8-12)9-14(18)16(13)3/h4-5,8H,6-7,9H2,1-3H3. The summed E-state index contributed by atoms with van der Waals surface area (Å²) in [5.74, 6) is 0.325. The Morgan fingerprint density at radius 3 is 2.83 bits per heavy atom. The van der Waals surface area contributed by atoms with Crippen LogP contribution in [0.2, 0.25) is 0 Å². The molecule has 1 aliphatic rings. The van der Waals surface area contributed by atoms with Crippen molar-refractivity contribution in [3.05, 3.63) is 23.8 Å². The van der Waals surface area contributed by atoms with Crippen molar-refractivity contribution >= 4 is 23.1 Å². The Labute approximate surface area is 107 Å². The van der Waals surface area contributed by atoms with Gasteiger partial charge in [-0.2, -0.15) is 0 Å². The third kappa shape index (κ3) is 2.37. The van der Waals surface area contributed by atoms with E-state index in [2.05, 4.69) is 0 Å². The average Bonchev–Trinajstić information content (AvgIpc) is 2.61. The summed E-state index contributed by atoms with van der Waals surface area (Å²) in [6.45, 7) is 2.31. The number of hydrogen-bond acceptors (Lipinski definition) is 3. The normalized spacial score (nSPS) is 13.7. The van der Waals surface area contributed by atoms with E-state index in [1.54, 1.807) is 18.9 Å². The van der Waals surface area contributed by atoms with Gasteiger partial charge in [0.15, 0.2) is 0 Å². The quantitative estimate of drug-likeness (QED) is 0.810. The van der Waals surface area contributed by atoms with Crippen molar-refractivity contribution in [3.8, 4) is 0 Å². The van der Waals surface area contributed by atoms with Crippen molar-refractivity contribution < 1.29 is 9.59 Å². The minimum atomic E-state index is 0.133. The number of anilines is 2. The molecule has 4 nitrogen and oxygen atoms in total. The fraction of sp³-hybridized carbons (Fsp3) is 0.429. The summed E-state index contributed by atoms with van der Waals surface area (Å²) in [5.41, 5.74) is 3.11. The lowest BCUT2D eigenvalue weighted by molar-refractivity contribution is -0.117. The van der Waals surface area contributed by atoms with Crippen molar-refractivity contribution in [1.29, 1.82) is 0 Å². The molecule has 1 heterocycles. The van der Waals surface area contributed by atoms with Gasteiger partial charge in [0.25, 0.3) is 0 Å². The number of ketones is 1. The van der Waals surface area contributed by atoms with Gasteiger partial charge in [-0.1, -0.05) is 0 Å². The molecule has 2 rings (SSSR count). The van der Waals surface area contributed by atoms with E-state index >= 15 is 0 Å². The van der Waals surface area contributed by atoms with Gasteiger partial charge in [0.2, 0.25) is 5.91 Å². The van der Waals surface area contributed by atoms with Crippen LogP contribution in [-0.4, -0.2) is 32.3 Å². The van der Waals surface area contributed by atoms with Crippen LogP contribution in [0.5, 0.6) is 0 Å². The molecule has 0 fully saturated rings. The molecule has 0 saturated heterocycles. The number of carbonyl (C=O) groups excluding carboxylic acids is 2. The second-order valence-electron chi connectivity index (χ2n) is 4.82. The first-order valence-corrected chi connectivity index (χ1v) is 6.09. The van der Waals surface area contributed by atoms with Crippen LogP contribution in [0.4, 0.5) is 11.4 Å². The minimum Gasteiger partial charge on any atom is -0.374 e. The van der Waals surface area contributed by atoms with Gasteiger partial charge >= 0.3 is 0 Å². The molecule has 0 unspecified atom stereocenters. The van der Waals surface area contributed by atoms with E-state index in [-0.39, 0.29) is 11.7 Å². The maximum absolute atomic E-state index is 11.6. The van der Waals surface area contributed by atoms with Gasteiger partial charge in [0.05, 0.1) is 6.42 Å². The number of Topliss-reactive ketones (excluding diaryl/α,β-unsaturated/α-hetero) is 1. The molecule has 0 radical (unpaired) electrons. The first-order chi connectivity index (χ1) is 8.49. The highest BCUT2D eigenvalue weighted by Gasteiger charge is 2.24. The van der Waals surface area contributed by atoms with E-state index in [1.807, 2.05) is 30.1 Å². The molecule has 96 valence electrons. The Kier molecular flexibility index (Phi) is 3.36. The lowest BCUT2D eigenvalue weighted by Crippen LogP contribution is -2.21. The van der Waals surface area contributed by atoms with Crippen molar-refractivity contribution in [2.75, 3.05) is 30.4 Å². The molecule has 1 aromatic rings. The molecule has 0 N–H and O–H groups in total. The van der Waals surface area contributed by atoms with Crippen LogP contribution in [0, 0.1) is 0 Å². The topological polar surface area (TPSA) is 40.6 Å². The molecule has 1 aromatic carbocycles. The third-order valence-corrected chi connectivity index (χ3v) is 3.38. The van der Waals surface area contributed by atoms with Gasteiger partial charge in [-0.25, -0.2) is 0 Å². The molecule has 0 atom stereocenters. The van der Waals surface area contributed by atoms with Crippen molar-refractivity contribution in [2.24, 2.45) is 0 Å². The molecule has 0 bridgehead atoms. The Morgan fingerprint density at radius 1 is 1.44 bits per heavy atom. The SMILES string of the molecule is CC(=O)CCN(C)c1ccc2c(c1)CC(=O)N2C. The molecular weight excluding hydrogens is 228 g/mol. The van der Waals surface area contributed by atoms with Gasteiger partial charge < -0.3 is 9.80 Å². The fourth-order valence-electron chi connectivity index (χ4n) is 2.15. The zero-order valence-electron chi connectivity index (χ0n) is 11.1. The second kappa shape index (κ2) is 4.80. The van der Waals surface area contributed by atoms with Gasteiger partial charge in [0.1, 0.15) is 5.78 Å². The van der Waals surface area contributed by atoms with Gasteiger partial charge in [0, 0.05) is 38.4 Å². The molecule has 0 spiro atoms. The summed E-state index contributed by atoms with van der Waals surface area (Å²) in [6.07, 6.45) is 1.02. The highest BCUT2D eigenvalue weighted by atomic mass is 16.2. The molecule has 0 aliphatic carbocycles. The third-order valence-electron chi connectivity index (χ3n) is 3.38. The number of amides is 1. The lowest BCUT2D eigenvalue weighted by Gasteiger charge is -2.20. The second-order valence-corrected chi connectivity index (χ2v) is 4.82. The van der Waals surface area contributed by atoms with E-state index < -0.39 is 0 Å². The smallest absolute Gasteiger partial charge is 0.231 e. The zero-order chi connectivity index (χ0) is 13.3. The predicted molar refractivity (Wildman–Crippen MR) is 72.1 cm³/mol. The minimum absolute atomic E-state index is 0.133. The molecule has 1 aliphatic heterocycles. The summed E-state index contributed by atoms with van der Waals surface area (Å²) in [5, 5.41) is 0. The summed E-state index contributed by atoms with van der Waals surface area (Å²) in [4.78, 5) is 26.3. The van der Waals surface area contributed by atoms with Gasteiger partial charge in [-0.05, 0) is 30.7 Å². The monoisotopic (exact) mass is 246 g/mol. The maximum atomic E-state index is 11.6. The maximum Gasteiger partial charge on any atom is 0.231 e. The van der Waals surface area contributed by atoms with Crippen LogP contribution >= 0.6 is 0 Å². The van der Waals surface area contributed by atoms with E-state index in [4.69, 9.17) is 0 Å². The number of hydrogen-bond donors (Lipinski definition) is 0. The lowest BCUT2D eigenvalue weighted by atomic mass is 10.1. The van der Waals surface area contributed by atoms with Crippen molar-refractivity contribution in [3.63, 3.8) is 0 Å². The number of carbonyl (C=O) groups is 2. The molecule has 0 aromatic heterocycles. The Bertz CT molecular complexity index is 497. The van der Waals surface area contributed by atoms with E-state index in [0.717, 1.165) is 16.9 Å². The van der Waals surface area contributed by atoms with Crippen molar-refractivity contribution in [2.45, 2.75) is 19.8 Å². The summed E-state index contributed by atoms with van der Waals surface area (Å²) in [7, 11) is 3.76. The summed E-state index contributed by atoms with van der Waals surface area (Å²) in [6, 6.07) is 6.00. The van der Waals surface area contributed by atoms with Crippen LogP contribution < -0.4 is 9.80 Å². The number of nitrogens with zero attached hydrogens (tertiary/aromatic N) is 2. The highest BCUT2D eigenvalue weighted by Crippen LogP contribution is 2.30. The van der Waals surface area contributed by atoms with Crippen LogP contribution in [0.15, 0.2) is 18.2 Å². The Morgan fingerprint density at radius 2 is 2.17 bits per heavy atom. The predicted octanol–water partition coefficient (Wildman–Crippen LogP) is 1.62. The molecule has 18 heavy (non-hydrogen) atoms. The summed E-state index contributed by atoms with van der Waals surface area (Å²) >= 11 is 0. The largest absolute Gasteiger partial charge is 0.374 e. The van der Waals surface area contributed by atoms with Gasteiger partial charge in [-0.15, -0.1) is 0 Å².